The highest BCUT2D eigenvalue weighted by Crippen LogP contribution is 2.39. The minimum Gasteiger partial charge on any atom is -0.489 e. The Kier molecular flexibility index (Phi) is 6.85. The number of carbonyl (C=O) groups is 2. The molecule has 3 aromatic heterocycles. The van der Waals surface area contributed by atoms with Gasteiger partial charge in [-0.15, -0.1) is 0 Å². The van der Waals surface area contributed by atoms with Gasteiger partial charge < -0.3 is 27.9 Å². The molecule has 10 nitrogen and oxygen atoms in total. The molecule has 0 aliphatic carbocycles. The molecule has 4 aromatic rings. The van der Waals surface area contributed by atoms with Gasteiger partial charge in [0.15, 0.2) is 17.1 Å². The van der Waals surface area contributed by atoms with E-state index in [0.29, 0.717) is 52.6 Å². The van der Waals surface area contributed by atoms with Gasteiger partial charge >= 0.3 is 11.9 Å². The maximum absolute atomic E-state index is 12.3. The quantitative estimate of drug-likeness (QED) is 0.338. The van der Waals surface area contributed by atoms with E-state index >= 15 is 0 Å². The van der Waals surface area contributed by atoms with Gasteiger partial charge in [-0.3, -0.25) is 9.78 Å². The summed E-state index contributed by atoms with van der Waals surface area (Å²) in [5.41, 5.74) is 3.46. The highest BCUT2D eigenvalue weighted by atomic mass is 16.5. The summed E-state index contributed by atoms with van der Waals surface area (Å²) in [6.45, 7) is 2.55. The molecule has 1 aliphatic rings. The molecule has 1 fully saturated rings. The van der Waals surface area contributed by atoms with Gasteiger partial charge in [0.2, 0.25) is 0 Å². The van der Waals surface area contributed by atoms with Crippen molar-refractivity contribution in [3.63, 3.8) is 0 Å². The third-order valence-corrected chi connectivity index (χ3v) is 6.36. The van der Waals surface area contributed by atoms with E-state index < -0.39 is 11.9 Å². The summed E-state index contributed by atoms with van der Waals surface area (Å²) < 4.78 is 29.5. The van der Waals surface area contributed by atoms with Crippen molar-refractivity contribution in [2.45, 2.75) is 25.9 Å². The summed E-state index contributed by atoms with van der Waals surface area (Å²) in [7, 11) is 2.92. The second kappa shape index (κ2) is 10.4. The average molecular weight is 516 g/mol. The fraction of sp³-hybridized carbons (Fsp3) is 0.286. The molecule has 0 amide bonds. The molecule has 1 aliphatic heterocycles. The van der Waals surface area contributed by atoms with Gasteiger partial charge in [0.1, 0.15) is 34.8 Å². The number of methoxy groups -OCH3 is 1. The van der Waals surface area contributed by atoms with Gasteiger partial charge in [-0.2, -0.15) is 5.26 Å². The van der Waals surface area contributed by atoms with Crippen LogP contribution in [0.4, 0.5) is 0 Å². The number of benzene rings is 1. The summed E-state index contributed by atoms with van der Waals surface area (Å²) in [5.74, 6) is -0.112. The number of aromatic nitrogens is 2. The molecular formula is C28H25N3O7. The topological polar surface area (TPSA) is 126 Å². The highest BCUT2D eigenvalue weighted by molar-refractivity contribution is 5.95. The van der Waals surface area contributed by atoms with E-state index in [4.69, 9.17) is 23.4 Å². The van der Waals surface area contributed by atoms with E-state index in [1.54, 1.807) is 37.5 Å². The van der Waals surface area contributed by atoms with Gasteiger partial charge in [-0.05, 0) is 23.8 Å². The average Bonchev–Trinajstić information content (AvgIpc) is 3.49. The Balaban J connectivity index is 1.56. The largest absolute Gasteiger partial charge is 0.489 e. The van der Waals surface area contributed by atoms with Crippen molar-refractivity contribution < 1.29 is 33.0 Å². The van der Waals surface area contributed by atoms with Crippen molar-refractivity contribution in [3.8, 4) is 40.1 Å². The molecule has 0 spiro atoms. The molecule has 38 heavy (non-hydrogen) atoms. The zero-order valence-corrected chi connectivity index (χ0v) is 21.1. The van der Waals surface area contributed by atoms with Crippen molar-refractivity contribution in [1.29, 1.82) is 5.26 Å². The summed E-state index contributed by atoms with van der Waals surface area (Å²) in [6, 6.07) is 12.6. The normalized spacial score (nSPS) is 13.7. The first-order valence-corrected chi connectivity index (χ1v) is 12.0. The zero-order chi connectivity index (χ0) is 26.8. The predicted molar refractivity (Wildman–Crippen MR) is 136 cm³/mol. The number of ether oxygens (including phenoxy) is 4. The van der Waals surface area contributed by atoms with Crippen LogP contribution in [0.1, 0.15) is 35.8 Å². The Morgan fingerprint density at radius 2 is 1.92 bits per heavy atom. The van der Waals surface area contributed by atoms with Crippen molar-refractivity contribution in [1.82, 2.24) is 9.55 Å². The van der Waals surface area contributed by atoms with Crippen molar-refractivity contribution >= 4 is 23.0 Å². The molecule has 0 radical (unpaired) electrons. The zero-order valence-electron chi connectivity index (χ0n) is 21.1. The van der Waals surface area contributed by atoms with E-state index in [-0.39, 0.29) is 17.5 Å². The van der Waals surface area contributed by atoms with Crippen LogP contribution < -0.4 is 9.47 Å². The summed E-state index contributed by atoms with van der Waals surface area (Å²) in [4.78, 5) is 28.4. The molecule has 194 valence electrons. The fourth-order valence-electron chi connectivity index (χ4n) is 4.54. The number of furan rings is 1. The van der Waals surface area contributed by atoms with Gasteiger partial charge in [-0.1, -0.05) is 6.07 Å². The predicted octanol–water partition coefficient (Wildman–Crippen LogP) is 4.64. The number of rotatable bonds is 6. The van der Waals surface area contributed by atoms with Crippen LogP contribution in [0.2, 0.25) is 0 Å². The molecule has 0 atom stereocenters. The summed E-state index contributed by atoms with van der Waals surface area (Å²) in [6.07, 6.45) is 3.21. The third-order valence-electron chi connectivity index (χ3n) is 6.36. The molecule has 10 heteroatoms. The smallest absolute Gasteiger partial charge is 0.354 e. The van der Waals surface area contributed by atoms with E-state index in [0.717, 1.165) is 18.4 Å². The van der Waals surface area contributed by atoms with Crippen molar-refractivity contribution in [2.75, 3.05) is 20.3 Å². The lowest BCUT2D eigenvalue weighted by atomic mass is 10.0. The second-order valence-corrected chi connectivity index (χ2v) is 8.82. The Morgan fingerprint density at radius 1 is 1.13 bits per heavy atom. The van der Waals surface area contributed by atoms with Crippen LogP contribution in [0.3, 0.4) is 0 Å². The molecule has 1 aromatic carbocycles. The van der Waals surface area contributed by atoms with Crippen LogP contribution in [-0.2, 0) is 21.3 Å². The minimum atomic E-state index is -0.589. The van der Waals surface area contributed by atoms with E-state index in [1.165, 1.54) is 24.7 Å². The number of fused-ring (bicyclic) bond motifs is 1. The number of hydrogen-bond acceptors (Lipinski definition) is 9. The Labute approximate surface area is 218 Å². The van der Waals surface area contributed by atoms with E-state index in [1.807, 2.05) is 6.07 Å². The summed E-state index contributed by atoms with van der Waals surface area (Å²) in [5, 5.41) is 9.81. The molecule has 4 heterocycles. The standard InChI is InChI=1S/C28H25N3O7/c1-16(32)36-25-14-22(28(33)34-3)31(2)26(25)24-13-21-27(38-24)20(6-9-30-21)17-4-5-23(18(12-17)15-29)37-19-7-10-35-11-8-19/h4-6,9,12-14,19H,7-8,10-11H2,1-3H3. The lowest BCUT2D eigenvalue weighted by Crippen LogP contribution is -2.26. The van der Waals surface area contributed by atoms with Gasteiger partial charge in [-0.25, -0.2) is 4.79 Å². The number of pyridine rings is 1. The fourth-order valence-corrected chi connectivity index (χ4v) is 4.54. The lowest BCUT2D eigenvalue weighted by Gasteiger charge is -2.23. The maximum atomic E-state index is 12.3. The molecule has 0 N–H and O–H groups in total. The van der Waals surface area contributed by atoms with Crippen molar-refractivity contribution in [2.24, 2.45) is 7.05 Å². The maximum Gasteiger partial charge on any atom is 0.354 e. The van der Waals surface area contributed by atoms with Crippen LogP contribution in [0.25, 0.3) is 33.7 Å². The third kappa shape index (κ3) is 4.71. The summed E-state index contributed by atoms with van der Waals surface area (Å²) >= 11 is 0. The van der Waals surface area contributed by atoms with E-state index in [2.05, 4.69) is 11.1 Å². The van der Waals surface area contributed by atoms with Crippen LogP contribution >= 0.6 is 0 Å². The molecule has 0 saturated carbocycles. The molecular weight excluding hydrogens is 490 g/mol. The SMILES string of the molecule is COC(=O)c1cc(OC(C)=O)c(-c2cc3nccc(-c4ccc(OC5CCOCC5)c(C#N)c4)c3o2)n1C. The van der Waals surface area contributed by atoms with Crippen LogP contribution in [-0.4, -0.2) is 47.9 Å². The number of nitriles is 1. The Bertz CT molecular complexity index is 1570. The number of carbonyl (C=O) groups excluding carboxylic acids is 2. The highest BCUT2D eigenvalue weighted by Gasteiger charge is 2.25. The molecule has 0 bridgehead atoms. The van der Waals surface area contributed by atoms with Crippen LogP contribution in [0.5, 0.6) is 11.5 Å². The van der Waals surface area contributed by atoms with E-state index in [9.17, 15) is 14.9 Å². The molecule has 0 unspecified atom stereocenters. The number of esters is 2. The molecule has 1 saturated heterocycles. The van der Waals surface area contributed by atoms with Crippen LogP contribution in [0.15, 0.2) is 47.0 Å². The minimum absolute atomic E-state index is 0.00791. The van der Waals surface area contributed by atoms with Gasteiger partial charge in [0.05, 0.1) is 25.9 Å². The second-order valence-electron chi connectivity index (χ2n) is 8.82. The lowest BCUT2D eigenvalue weighted by molar-refractivity contribution is -0.131. The first-order chi connectivity index (χ1) is 18.4. The van der Waals surface area contributed by atoms with Crippen molar-refractivity contribution in [3.05, 3.63) is 53.9 Å². The van der Waals surface area contributed by atoms with Gasteiger partial charge in [0.25, 0.3) is 0 Å². The first kappa shape index (κ1) is 25.0. The number of hydrogen-bond donors (Lipinski definition) is 0. The number of nitrogens with zero attached hydrogens (tertiary/aromatic N) is 3. The first-order valence-electron chi connectivity index (χ1n) is 12.0. The van der Waals surface area contributed by atoms with Gasteiger partial charge in [0, 0.05) is 50.7 Å². The Hall–Kier alpha value is -4.62. The monoisotopic (exact) mass is 515 g/mol. The molecule has 5 rings (SSSR count). The van der Waals surface area contributed by atoms with Crippen LogP contribution in [0, 0.1) is 11.3 Å². The Morgan fingerprint density at radius 3 is 2.63 bits per heavy atom.